The molecule has 0 saturated carbocycles. The Bertz CT molecular complexity index is 228. The van der Waals surface area contributed by atoms with Crippen LogP contribution >= 0.6 is 0 Å². The molecule has 19 heavy (non-hydrogen) atoms. The molecule has 0 fully saturated rings. The topological polar surface area (TPSA) is 92.3 Å². The summed E-state index contributed by atoms with van der Waals surface area (Å²) in [5.74, 6) is -1.41. The molecule has 0 radical (unpaired) electrons. The molecule has 0 aromatic rings. The number of aliphatic carboxylic acids is 1. The number of unbranched alkanes of at least 4 members (excludes halogenated alkanes) is 7. The smallest absolute Gasteiger partial charge is 0.759 e. The van der Waals surface area contributed by atoms with Crippen molar-refractivity contribution < 1.29 is 117 Å². The average Bonchev–Trinajstić information content (AvgIpc) is 2.30. The Morgan fingerprint density at radius 2 is 1.11 bits per heavy atom. The summed E-state index contributed by atoms with van der Waals surface area (Å²) in [5, 5.41) is 20.0. The van der Waals surface area contributed by atoms with Crippen molar-refractivity contribution in [1.29, 1.82) is 0 Å². The second-order valence-corrected chi connectivity index (χ2v) is 4.23. The molecule has 0 bridgehead atoms. The van der Waals surface area contributed by atoms with Gasteiger partial charge in [-0.2, -0.15) is 0 Å². The van der Waals surface area contributed by atoms with Crippen molar-refractivity contribution in [3.05, 3.63) is 5.21 Å². The average molecular weight is 321 g/mol. The molecular weight excluding hydrogens is 300 g/mol. The van der Waals surface area contributed by atoms with Gasteiger partial charge in [-0.15, -0.1) is 0 Å². The van der Waals surface area contributed by atoms with Crippen molar-refractivity contribution in [2.45, 2.75) is 64.2 Å². The molecule has 0 spiro atoms. The second kappa shape index (κ2) is 20.2. The Labute approximate surface area is 200 Å². The van der Waals surface area contributed by atoms with Crippen LogP contribution in [0.5, 0.6) is 0 Å². The summed E-state index contributed by atoms with van der Waals surface area (Å²) in [6, 6.07) is 0. The van der Waals surface area contributed by atoms with E-state index in [1.807, 2.05) is 0 Å². The van der Waals surface area contributed by atoms with Crippen molar-refractivity contribution in [3.8, 4) is 0 Å². The van der Waals surface area contributed by atoms with Crippen molar-refractivity contribution in [1.82, 2.24) is 5.48 Å². The van der Waals surface area contributed by atoms with E-state index in [-0.39, 0.29) is 109 Å². The van der Waals surface area contributed by atoms with Gasteiger partial charge in [-0.1, -0.05) is 38.5 Å². The molecule has 0 aliphatic heterocycles. The van der Waals surface area contributed by atoms with Gasteiger partial charge < -0.3 is 20.6 Å². The van der Waals surface area contributed by atoms with E-state index in [0.29, 0.717) is 12.8 Å². The van der Waals surface area contributed by atoms with Crippen molar-refractivity contribution in [3.63, 3.8) is 0 Å². The van der Waals surface area contributed by atoms with Crippen LogP contribution in [0, 0.1) is 5.21 Å². The molecule has 0 aromatic heterocycles. The van der Waals surface area contributed by atoms with Crippen LogP contribution in [0.15, 0.2) is 0 Å². The molecule has 1 amide bonds. The third kappa shape index (κ3) is 22.6. The summed E-state index contributed by atoms with van der Waals surface area (Å²) in [4.78, 5) is 20.7. The predicted octanol–water partition coefficient (Wildman–Crippen LogP) is -4.74. The van der Waals surface area contributed by atoms with E-state index in [4.69, 9.17) is 0 Å². The summed E-state index contributed by atoms with van der Waals surface area (Å²) in [7, 11) is 0. The van der Waals surface area contributed by atoms with Crippen molar-refractivity contribution >= 4 is 11.9 Å². The zero-order valence-electron chi connectivity index (χ0n) is 12.2. The van der Waals surface area contributed by atoms with Crippen LogP contribution < -0.4 is 113 Å². The number of carbonyl (C=O) groups excluding carboxylic acids is 2. The van der Waals surface area contributed by atoms with Crippen LogP contribution in [0.4, 0.5) is 0 Å². The molecule has 5 nitrogen and oxygen atoms in total. The fourth-order valence-corrected chi connectivity index (χ4v) is 1.67. The maximum Gasteiger partial charge on any atom is 1.00 e. The minimum atomic E-state index is -0.971. The second-order valence-electron chi connectivity index (χ2n) is 4.23. The summed E-state index contributed by atoms with van der Waals surface area (Å²) < 4.78 is 0. The van der Waals surface area contributed by atoms with Gasteiger partial charge in [-0.05, 0) is 19.3 Å². The van der Waals surface area contributed by atoms with Crippen LogP contribution in [0.3, 0.4) is 0 Å². The van der Waals surface area contributed by atoms with E-state index in [1.165, 1.54) is 5.48 Å². The zero-order valence-corrected chi connectivity index (χ0v) is 18.5. The number of carboxylic acids is 1. The van der Waals surface area contributed by atoms with E-state index >= 15 is 0 Å². The predicted molar refractivity (Wildman–Crippen MR) is 62.7 cm³/mol. The monoisotopic (exact) mass is 321 g/mol. The fourth-order valence-electron chi connectivity index (χ4n) is 1.67. The Balaban J connectivity index is -0.00000128. The minimum absolute atomic E-state index is 0. The molecule has 0 aromatic carbocycles. The standard InChI is InChI=1S/C12H22NO4.2K/c14-11(13-17)9-7-5-3-1-2-4-6-8-10-12(15)16;;/h1-10H2,(H2-,13,14,15,16,17);;/q-1;2*+1/p-1. The van der Waals surface area contributed by atoms with Crippen LogP contribution in [0.25, 0.3) is 0 Å². The first-order valence-electron chi connectivity index (χ1n) is 6.27. The van der Waals surface area contributed by atoms with Gasteiger partial charge in [0, 0.05) is 12.4 Å². The summed E-state index contributed by atoms with van der Waals surface area (Å²) in [6.07, 6.45) is 8.15. The number of hydrogen-bond acceptors (Lipinski definition) is 4. The Kier molecular flexibility index (Phi) is 27.7. The molecule has 0 unspecified atom stereocenters. The molecule has 100 valence electrons. The summed E-state index contributed by atoms with van der Waals surface area (Å²) in [5.41, 5.74) is 1.36. The third-order valence-corrected chi connectivity index (χ3v) is 2.65. The maximum absolute atomic E-state index is 10.6. The molecule has 0 aliphatic carbocycles. The van der Waals surface area contributed by atoms with Crippen molar-refractivity contribution in [2.24, 2.45) is 0 Å². The number of hydrogen-bond donors (Lipinski definition) is 1. The first kappa shape index (κ1) is 26.1. The molecule has 0 heterocycles. The molecule has 7 heteroatoms. The number of carbonyl (C=O) groups is 2. The quantitative estimate of drug-likeness (QED) is 0.235. The largest absolute Gasteiger partial charge is 1.00 e. The van der Waals surface area contributed by atoms with Gasteiger partial charge in [0.05, 0.1) is 0 Å². The first-order valence-corrected chi connectivity index (χ1v) is 6.27. The van der Waals surface area contributed by atoms with Gasteiger partial charge in [0.15, 0.2) is 0 Å². The number of amides is 1. The summed E-state index contributed by atoms with van der Waals surface area (Å²) in [6.45, 7) is 0. The van der Waals surface area contributed by atoms with E-state index in [2.05, 4.69) is 0 Å². The van der Waals surface area contributed by atoms with Gasteiger partial charge in [-0.3, -0.25) is 4.79 Å². The summed E-state index contributed by atoms with van der Waals surface area (Å²) >= 11 is 0. The van der Waals surface area contributed by atoms with Gasteiger partial charge in [0.25, 0.3) is 0 Å². The van der Waals surface area contributed by atoms with Crippen LogP contribution in [-0.4, -0.2) is 11.9 Å². The normalized spacial score (nSPS) is 9.11. The fraction of sp³-hybridized carbons (Fsp3) is 0.833. The van der Waals surface area contributed by atoms with E-state index in [0.717, 1.165) is 44.9 Å². The third-order valence-electron chi connectivity index (χ3n) is 2.65. The Morgan fingerprint density at radius 1 is 0.737 bits per heavy atom. The first-order chi connectivity index (χ1) is 8.16. The molecule has 0 atom stereocenters. The van der Waals surface area contributed by atoms with E-state index in [1.54, 1.807) is 0 Å². The number of rotatable bonds is 11. The van der Waals surface area contributed by atoms with Crippen molar-refractivity contribution in [2.75, 3.05) is 0 Å². The number of nitrogens with one attached hydrogen (secondary N) is 1. The molecule has 0 rings (SSSR count). The van der Waals surface area contributed by atoms with E-state index in [9.17, 15) is 19.9 Å². The van der Waals surface area contributed by atoms with Gasteiger partial charge >= 0.3 is 103 Å². The minimum Gasteiger partial charge on any atom is -0.759 e. The molecule has 1 N–H and O–H groups in total. The van der Waals surface area contributed by atoms with Gasteiger partial charge in [0.1, 0.15) is 0 Å². The van der Waals surface area contributed by atoms with Gasteiger partial charge in [-0.25, -0.2) is 0 Å². The maximum atomic E-state index is 10.6. The van der Waals surface area contributed by atoms with Crippen LogP contribution in [-0.2, 0) is 9.59 Å². The Morgan fingerprint density at radius 3 is 1.47 bits per heavy atom. The SMILES string of the molecule is O=C([O-])CCCCCCCCCCC(=O)N[O-].[K+].[K+]. The number of carboxylic acid groups (broad SMARTS) is 1. The van der Waals surface area contributed by atoms with Crippen LogP contribution in [0.1, 0.15) is 64.2 Å². The van der Waals surface area contributed by atoms with E-state index < -0.39 is 11.9 Å². The molecule has 0 saturated heterocycles. The van der Waals surface area contributed by atoms with Gasteiger partial charge in [0.2, 0.25) is 5.91 Å². The Hall–Kier alpha value is 2.17. The zero-order chi connectivity index (χ0) is 12.9. The van der Waals surface area contributed by atoms with Crippen LogP contribution in [0.2, 0.25) is 0 Å². The molecular formula is C12H21K2NO4. The number of hydroxylamine groups is 1. The molecule has 0 aliphatic rings.